The number of methoxy groups -OCH3 is 1. The first-order chi connectivity index (χ1) is 9.85. The monoisotopic (exact) mass is 290 g/mol. The molecule has 1 N–H and O–H groups in total. The van der Waals surface area contributed by atoms with Crippen LogP contribution in [0.5, 0.6) is 0 Å². The van der Waals surface area contributed by atoms with Crippen molar-refractivity contribution in [3.8, 4) is 0 Å². The number of hydrogen-bond acceptors (Lipinski definition) is 2. The van der Waals surface area contributed by atoms with E-state index in [0.29, 0.717) is 5.92 Å². The molecule has 2 unspecified atom stereocenters. The van der Waals surface area contributed by atoms with Gasteiger partial charge in [0.2, 0.25) is 0 Å². The van der Waals surface area contributed by atoms with Gasteiger partial charge in [-0.25, -0.2) is 0 Å². The highest BCUT2D eigenvalue weighted by Gasteiger charge is 2.44. The van der Waals surface area contributed by atoms with Gasteiger partial charge in [-0.2, -0.15) is 0 Å². The van der Waals surface area contributed by atoms with E-state index in [9.17, 15) is 9.90 Å². The van der Waals surface area contributed by atoms with Gasteiger partial charge in [0.05, 0.1) is 0 Å². The fourth-order valence-electron chi connectivity index (χ4n) is 3.53. The summed E-state index contributed by atoms with van der Waals surface area (Å²) in [7, 11) is 1.65. The van der Waals surface area contributed by atoms with Crippen LogP contribution in [-0.2, 0) is 9.53 Å². The van der Waals surface area contributed by atoms with E-state index in [2.05, 4.69) is 6.58 Å². The number of carbonyl (C=O) groups is 1. The second-order valence-electron chi connectivity index (χ2n) is 6.55. The lowest BCUT2D eigenvalue weighted by Crippen LogP contribution is -2.40. The van der Waals surface area contributed by atoms with Crippen LogP contribution in [0.2, 0.25) is 0 Å². The van der Waals surface area contributed by atoms with Gasteiger partial charge in [-0.05, 0) is 55.9 Å². The number of rotatable bonds is 4. The molecule has 1 fully saturated rings. The highest BCUT2D eigenvalue weighted by atomic mass is 16.5. The SMILES string of the molecule is C=C(C)C1(OC)C=CC(C)(C(=O)O)C(C2CCCCC2)=C1. The molecule has 0 heterocycles. The zero-order chi connectivity index (χ0) is 15.7. The third-order valence-corrected chi connectivity index (χ3v) is 5.13. The summed E-state index contributed by atoms with van der Waals surface area (Å²) in [5.74, 6) is -0.458. The Bertz CT molecular complexity index is 497. The van der Waals surface area contributed by atoms with E-state index in [1.807, 2.05) is 19.1 Å². The zero-order valence-corrected chi connectivity index (χ0v) is 13.3. The minimum absolute atomic E-state index is 0.332. The van der Waals surface area contributed by atoms with Crippen molar-refractivity contribution in [2.24, 2.45) is 11.3 Å². The second-order valence-corrected chi connectivity index (χ2v) is 6.55. The number of carboxylic acids is 1. The van der Waals surface area contributed by atoms with Crippen LogP contribution >= 0.6 is 0 Å². The molecule has 0 radical (unpaired) electrons. The second kappa shape index (κ2) is 5.80. The Morgan fingerprint density at radius 2 is 1.95 bits per heavy atom. The Labute approximate surface area is 127 Å². The highest BCUT2D eigenvalue weighted by Crippen LogP contribution is 2.46. The molecule has 0 aromatic heterocycles. The third-order valence-electron chi connectivity index (χ3n) is 5.13. The summed E-state index contributed by atoms with van der Waals surface area (Å²) in [6.45, 7) is 7.74. The Morgan fingerprint density at radius 1 is 1.33 bits per heavy atom. The lowest BCUT2D eigenvalue weighted by Gasteiger charge is -2.40. The van der Waals surface area contributed by atoms with Gasteiger partial charge in [0.15, 0.2) is 0 Å². The Balaban J connectivity index is 2.49. The largest absolute Gasteiger partial charge is 0.480 e. The van der Waals surface area contributed by atoms with E-state index >= 15 is 0 Å². The van der Waals surface area contributed by atoms with Crippen molar-refractivity contribution in [3.05, 3.63) is 36.0 Å². The molecule has 116 valence electrons. The lowest BCUT2D eigenvalue weighted by atomic mass is 9.66. The highest BCUT2D eigenvalue weighted by molar-refractivity contribution is 5.82. The molecule has 2 aliphatic rings. The van der Waals surface area contributed by atoms with Gasteiger partial charge in [0.25, 0.3) is 0 Å². The number of hydrogen-bond donors (Lipinski definition) is 1. The molecule has 2 rings (SSSR count). The fourth-order valence-corrected chi connectivity index (χ4v) is 3.53. The minimum Gasteiger partial charge on any atom is -0.480 e. The van der Waals surface area contributed by atoms with Gasteiger partial charge >= 0.3 is 5.97 Å². The van der Waals surface area contributed by atoms with E-state index in [4.69, 9.17) is 4.74 Å². The predicted octanol–water partition coefficient (Wildman–Crippen LogP) is 4.12. The lowest BCUT2D eigenvalue weighted by molar-refractivity contribution is -0.143. The number of aliphatic carboxylic acids is 1. The molecule has 2 aliphatic carbocycles. The number of carboxylic acid groups (broad SMARTS) is 1. The molecule has 2 atom stereocenters. The average Bonchev–Trinajstić information content (AvgIpc) is 2.48. The molecule has 21 heavy (non-hydrogen) atoms. The smallest absolute Gasteiger partial charge is 0.317 e. The molecule has 0 amide bonds. The van der Waals surface area contributed by atoms with Crippen LogP contribution in [0.25, 0.3) is 0 Å². The van der Waals surface area contributed by atoms with Crippen LogP contribution in [-0.4, -0.2) is 23.8 Å². The van der Waals surface area contributed by atoms with E-state index in [0.717, 1.165) is 24.0 Å². The number of ether oxygens (including phenoxy) is 1. The molecule has 3 nitrogen and oxygen atoms in total. The van der Waals surface area contributed by atoms with Crippen molar-refractivity contribution in [1.82, 2.24) is 0 Å². The summed E-state index contributed by atoms with van der Waals surface area (Å²) in [5, 5.41) is 9.72. The molecule has 0 saturated heterocycles. The molecule has 3 heteroatoms. The summed E-state index contributed by atoms with van der Waals surface area (Å²) in [4.78, 5) is 11.8. The third kappa shape index (κ3) is 2.71. The van der Waals surface area contributed by atoms with Gasteiger partial charge in [-0.15, -0.1) is 0 Å². The topological polar surface area (TPSA) is 46.5 Å². The maximum Gasteiger partial charge on any atom is 0.317 e. The first-order valence-electron chi connectivity index (χ1n) is 7.74. The van der Waals surface area contributed by atoms with E-state index in [-0.39, 0.29) is 0 Å². The molecule has 0 spiro atoms. The molecule has 0 aromatic rings. The van der Waals surface area contributed by atoms with Crippen molar-refractivity contribution < 1.29 is 14.6 Å². The Kier molecular flexibility index (Phi) is 4.43. The Morgan fingerprint density at radius 3 is 2.43 bits per heavy atom. The van der Waals surface area contributed by atoms with Crippen molar-refractivity contribution in [1.29, 1.82) is 0 Å². The summed E-state index contributed by atoms with van der Waals surface area (Å²) in [6, 6.07) is 0. The molecular weight excluding hydrogens is 264 g/mol. The summed E-state index contributed by atoms with van der Waals surface area (Å²) in [6.07, 6.45) is 11.4. The first kappa shape index (κ1) is 16.0. The van der Waals surface area contributed by atoms with Gasteiger partial charge < -0.3 is 9.84 Å². The van der Waals surface area contributed by atoms with Crippen molar-refractivity contribution >= 4 is 5.97 Å². The van der Waals surface area contributed by atoms with E-state index in [1.54, 1.807) is 20.1 Å². The summed E-state index contributed by atoms with van der Waals surface area (Å²) >= 11 is 0. The molecule has 0 aliphatic heterocycles. The minimum atomic E-state index is -0.931. The average molecular weight is 290 g/mol. The quantitative estimate of drug-likeness (QED) is 0.792. The maximum absolute atomic E-state index is 11.8. The van der Waals surface area contributed by atoms with Crippen LogP contribution in [0, 0.1) is 11.3 Å². The summed E-state index contributed by atoms with van der Waals surface area (Å²) in [5.41, 5.74) is 0.269. The molecule has 0 aromatic carbocycles. The van der Waals surface area contributed by atoms with Crippen LogP contribution < -0.4 is 0 Å². The first-order valence-corrected chi connectivity index (χ1v) is 7.74. The van der Waals surface area contributed by atoms with E-state index in [1.165, 1.54) is 19.3 Å². The van der Waals surface area contributed by atoms with E-state index < -0.39 is 17.0 Å². The standard InChI is InChI=1S/C18H26O3/c1-13(2)18(21-4)11-10-17(3,16(19)20)15(12-18)14-8-6-5-7-9-14/h10-12,14H,1,5-9H2,2-4H3,(H,19,20). The molecule has 1 saturated carbocycles. The zero-order valence-electron chi connectivity index (χ0n) is 13.3. The van der Waals surface area contributed by atoms with Crippen LogP contribution in [0.4, 0.5) is 0 Å². The molecule has 0 bridgehead atoms. The normalized spacial score (nSPS) is 33.6. The fraction of sp³-hybridized carbons (Fsp3) is 0.611. The van der Waals surface area contributed by atoms with Crippen molar-refractivity contribution in [2.45, 2.75) is 51.6 Å². The van der Waals surface area contributed by atoms with Crippen LogP contribution in [0.1, 0.15) is 46.0 Å². The van der Waals surface area contributed by atoms with Crippen LogP contribution in [0.3, 0.4) is 0 Å². The van der Waals surface area contributed by atoms with Crippen molar-refractivity contribution in [3.63, 3.8) is 0 Å². The van der Waals surface area contributed by atoms with Gasteiger partial charge in [-0.1, -0.05) is 31.9 Å². The van der Waals surface area contributed by atoms with Crippen LogP contribution in [0.15, 0.2) is 36.0 Å². The predicted molar refractivity (Wildman–Crippen MR) is 84.1 cm³/mol. The summed E-state index contributed by atoms with van der Waals surface area (Å²) < 4.78 is 5.68. The Hall–Kier alpha value is -1.35. The van der Waals surface area contributed by atoms with Gasteiger partial charge in [0, 0.05) is 7.11 Å². The van der Waals surface area contributed by atoms with Gasteiger partial charge in [0.1, 0.15) is 11.0 Å². The van der Waals surface area contributed by atoms with Gasteiger partial charge in [-0.3, -0.25) is 4.79 Å². The maximum atomic E-state index is 11.8. The van der Waals surface area contributed by atoms with Crippen molar-refractivity contribution in [2.75, 3.05) is 7.11 Å². The molecular formula is C18H26O3.